The molecule has 128 valence electrons. The summed E-state index contributed by atoms with van der Waals surface area (Å²) >= 11 is 0. The standard InChI is InChI=1S/C19H35NO2/c1-4-5-6-7-8-9-10-11-12-13-14-15-19(2,3)17-18(21)20-16-22-17/h16-17H,4-15H2,1-3H3. The van der Waals surface area contributed by atoms with Gasteiger partial charge in [-0.2, -0.15) is 4.99 Å². The minimum atomic E-state index is -0.365. The van der Waals surface area contributed by atoms with Crippen LogP contribution in [0.25, 0.3) is 0 Å². The van der Waals surface area contributed by atoms with Crippen molar-refractivity contribution < 1.29 is 9.53 Å². The Bertz CT molecular complexity index is 336. The molecule has 0 radical (unpaired) electrons. The van der Waals surface area contributed by atoms with Gasteiger partial charge >= 0.3 is 0 Å². The van der Waals surface area contributed by atoms with Gasteiger partial charge in [-0.15, -0.1) is 0 Å². The lowest BCUT2D eigenvalue weighted by molar-refractivity contribution is -0.127. The molecule has 1 aliphatic heterocycles. The molecule has 0 aliphatic carbocycles. The van der Waals surface area contributed by atoms with E-state index in [9.17, 15) is 4.79 Å². The number of aliphatic imine (C=N–C) groups is 1. The zero-order chi connectivity index (χ0) is 16.3. The highest BCUT2D eigenvalue weighted by Crippen LogP contribution is 2.32. The Morgan fingerprint density at radius 3 is 1.91 bits per heavy atom. The molecule has 0 spiro atoms. The first kappa shape index (κ1) is 19.2. The Morgan fingerprint density at radius 2 is 1.45 bits per heavy atom. The van der Waals surface area contributed by atoms with Gasteiger partial charge in [-0.1, -0.05) is 91.4 Å². The maximum Gasteiger partial charge on any atom is 0.290 e. The molecule has 1 unspecified atom stereocenters. The fraction of sp³-hybridized carbons (Fsp3) is 0.895. The molecule has 0 aromatic carbocycles. The number of nitrogens with zero attached hydrogens (tertiary/aromatic N) is 1. The fourth-order valence-corrected chi connectivity index (χ4v) is 3.16. The van der Waals surface area contributed by atoms with Gasteiger partial charge in [0.1, 0.15) is 0 Å². The van der Waals surface area contributed by atoms with E-state index >= 15 is 0 Å². The van der Waals surface area contributed by atoms with E-state index in [-0.39, 0.29) is 17.4 Å². The average Bonchev–Trinajstić information content (AvgIpc) is 2.92. The van der Waals surface area contributed by atoms with Crippen LogP contribution in [0.2, 0.25) is 0 Å². The maximum absolute atomic E-state index is 11.6. The Labute approximate surface area is 136 Å². The van der Waals surface area contributed by atoms with Crippen molar-refractivity contribution in [1.82, 2.24) is 0 Å². The lowest BCUT2D eigenvalue weighted by Crippen LogP contribution is -2.34. The Kier molecular flexibility index (Phi) is 9.42. The maximum atomic E-state index is 11.6. The lowest BCUT2D eigenvalue weighted by Gasteiger charge is -2.28. The number of hydrogen-bond acceptors (Lipinski definition) is 2. The SMILES string of the molecule is CCCCCCCCCCCCCC(C)(C)C1OC=NC1=O. The van der Waals surface area contributed by atoms with Gasteiger partial charge in [-0.05, 0) is 6.42 Å². The van der Waals surface area contributed by atoms with Crippen molar-refractivity contribution in [1.29, 1.82) is 0 Å². The third kappa shape index (κ3) is 7.42. The summed E-state index contributed by atoms with van der Waals surface area (Å²) in [7, 11) is 0. The topological polar surface area (TPSA) is 38.7 Å². The van der Waals surface area contributed by atoms with Crippen molar-refractivity contribution >= 4 is 12.3 Å². The fourth-order valence-electron chi connectivity index (χ4n) is 3.16. The van der Waals surface area contributed by atoms with E-state index in [1.165, 1.54) is 77.0 Å². The highest BCUT2D eigenvalue weighted by atomic mass is 16.5. The molecular formula is C19H35NO2. The third-order valence-electron chi connectivity index (χ3n) is 4.74. The number of amides is 1. The molecule has 0 saturated heterocycles. The normalized spacial score (nSPS) is 18.0. The van der Waals surface area contributed by atoms with E-state index in [0.29, 0.717) is 0 Å². The molecule has 3 nitrogen and oxygen atoms in total. The van der Waals surface area contributed by atoms with Gasteiger partial charge in [-0.25, -0.2) is 0 Å². The summed E-state index contributed by atoms with van der Waals surface area (Å²) in [5, 5.41) is 0. The van der Waals surface area contributed by atoms with Gasteiger partial charge in [0.05, 0.1) is 0 Å². The molecule has 0 N–H and O–H groups in total. The number of ether oxygens (including phenoxy) is 1. The Hall–Kier alpha value is -0.860. The first-order chi connectivity index (χ1) is 10.6. The third-order valence-corrected chi connectivity index (χ3v) is 4.74. The van der Waals surface area contributed by atoms with Gasteiger partial charge in [0.25, 0.3) is 5.91 Å². The van der Waals surface area contributed by atoms with Crippen LogP contribution in [0, 0.1) is 5.41 Å². The van der Waals surface area contributed by atoms with Crippen molar-refractivity contribution in [2.24, 2.45) is 10.4 Å². The summed E-state index contributed by atoms with van der Waals surface area (Å²) in [5.74, 6) is -0.118. The molecule has 0 bridgehead atoms. The zero-order valence-corrected chi connectivity index (χ0v) is 14.9. The molecule has 1 heterocycles. The molecule has 1 aliphatic rings. The highest BCUT2D eigenvalue weighted by molar-refractivity contribution is 5.92. The first-order valence-corrected chi connectivity index (χ1v) is 9.30. The quantitative estimate of drug-likeness (QED) is 0.411. The number of hydrogen-bond donors (Lipinski definition) is 0. The van der Waals surface area contributed by atoms with Crippen molar-refractivity contribution in [2.45, 2.75) is 104 Å². The first-order valence-electron chi connectivity index (χ1n) is 9.30. The molecule has 1 atom stereocenters. The van der Waals surface area contributed by atoms with Crippen molar-refractivity contribution in [3.63, 3.8) is 0 Å². The summed E-state index contributed by atoms with van der Waals surface area (Å²) < 4.78 is 5.34. The Morgan fingerprint density at radius 1 is 0.955 bits per heavy atom. The summed E-state index contributed by atoms with van der Waals surface area (Å²) in [6.07, 6.45) is 16.8. The van der Waals surface area contributed by atoms with Crippen LogP contribution in [0.3, 0.4) is 0 Å². The molecule has 1 amide bonds. The molecule has 0 fully saturated rings. The predicted molar refractivity (Wildman–Crippen MR) is 93.2 cm³/mol. The van der Waals surface area contributed by atoms with Crippen LogP contribution in [-0.4, -0.2) is 18.4 Å². The van der Waals surface area contributed by atoms with Gasteiger partial charge in [0.2, 0.25) is 0 Å². The Balaban J connectivity index is 1.93. The minimum Gasteiger partial charge on any atom is -0.469 e. The predicted octanol–water partition coefficient (Wildman–Crippen LogP) is 5.67. The smallest absolute Gasteiger partial charge is 0.290 e. The van der Waals surface area contributed by atoms with Crippen LogP contribution < -0.4 is 0 Å². The molecule has 0 aromatic rings. The van der Waals surface area contributed by atoms with Crippen LogP contribution in [-0.2, 0) is 9.53 Å². The average molecular weight is 309 g/mol. The number of unbranched alkanes of at least 4 members (excludes halogenated alkanes) is 10. The number of rotatable bonds is 13. The van der Waals surface area contributed by atoms with Crippen LogP contribution in [0.4, 0.5) is 0 Å². The second-order valence-electron chi connectivity index (χ2n) is 7.36. The monoisotopic (exact) mass is 309 g/mol. The molecule has 0 saturated carbocycles. The van der Waals surface area contributed by atoms with Crippen molar-refractivity contribution in [3.8, 4) is 0 Å². The molecule has 1 rings (SSSR count). The van der Waals surface area contributed by atoms with E-state index in [0.717, 1.165) is 6.42 Å². The van der Waals surface area contributed by atoms with Crippen LogP contribution in [0.5, 0.6) is 0 Å². The summed E-state index contributed by atoms with van der Waals surface area (Å²) in [6, 6.07) is 0. The molecule has 0 aromatic heterocycles. The largest absolute Gasteiger partial charge is 0.469 e. The second kappa shape index (κ2) is 10.8. The van der Waals surface area contributed by atoms with E-state index < -0.39 is 0 Å². The highest BCUT2D eigenvalue weighted by Gasteiger charge is 2.38. The number of carbonyl (C=O) groups is 1. The number of carbonyl (C=O) groups excluding carboxylic acids is 1. The van der Waals surface area contributed by atoms with E-state index in [4.69, 9.17) is 4.74 Å². The van der Waals surface area contributed by atoms with Gasteiger partial charge in [-0.3, -0.25) is 4.79 Å². The van der Waals surface area contributed by atoms with Gasteiger partial charge < -0.3 is 4.74 Å². The molecule has 3 heteroatoms. The van der Waals surface area contributed by atoms with Crippen LogP contribution in [0.15, 0.2) is 4.99 Å². The molecule has 22 heavy (non-hydrogen) atoms. The van der Waals surface area contributed by atoms with Crippen molar-refractivity contribution in [3.05, 3.63) is 0 Å². The minimum absolute atomic E-state index is 0.104. The summed E-state index contributed by atoms with van der Waals surface area (Å²) in [6.45, 7) is 6.49. The zero-order valence-electron chi connectivity index (χ0n) is 14.9. The van der Waals surface area contributed by atoms with Crippen molar-refractivity contribution in [2.75, 3.05) is 0 Å². The molecular weight excluding hydrogens is 274 g/mol. The summed E-state index contributed by atoms with van der Waals surface area (Å²) in [4.78, 5) is 15.3. The van der Waals surface area contributed by atoms with Gasteiger partial charge in [0.15, 0.2) is 12.5 Å². The van der Waals surface area contributed by atoms with E-state index in [1.807, 2.05) is 0 Å². The second-order valence-corrected chi connectivity index (χ2v) is 7.36. The van der Waals surface area contributed by atoms with E-state index in [2.05, 4.69) is 25.8 Å². The lowest BCUT2D eigenvalue weighted by atomic mass is 9.81. The van der Waals surface area contributed by atoms with E-state index in [1.54, 1.807) is 0 Å². The van der Waals surface area contributed by atoms with Crippen LogP contribution >= 0.6 is 0 Å². The van der Waals surface area contributed by atoms with Crippen LogP contribution in [0.1, 0.15) is 97.8 Å². The summed E-state index contributed by atoms with van der Waals surface area (Å²) in [5.41, 5.74) is -0.104. The van der Waals surface area contributed by atoms with Gasteiger partial charge in [0, 0.05) is 5.41 Å².